The molecule has 0 aromatic rings. The molecule has 0 saturated carbocycles. The number of carbonyl (C=O) groups excluding carboxylic acids is 1. The number of ether oxygens (including phenoxy) is 3. The molecule has 5 heteroatoms. The molecule has 2 atom stereocenters. The minimum Gasteiger partial charge on any atom is -0.468 e. The van der Waals surface area contributed by atoms with Crippen LogP contribution in [0.3, 0.4) is 0 Å². The Morgan fingerprint density at radius 3 is 2.58 bits per heavy atom. The summed E-state index contributed by atoms with van der Waals surface area (Å²) >= 11 is 0. The lowest BCUT2D eigenvalue weighted by Crippen LogP contribution is -2.50. The van der Waals surface area contributed by atoms with Gasteiger partial charge in [0.2, 0.25) is 0 Å². The van der Waals surface area contributed by atoms with Crippen molar-refractivity contribution in [2.24, 2.45) is 0 Å². The molecule has 0 saturated heterocycles. The molecule has 2 unspecified atom stereocenters. The summed E-state index contributed by atoms with van der Waals surface area (Å²) in [5, 5.41) is 3.25. The fourth-order valence-corrected chi connectivity index (χ4v) is 1.88. The van der Waals surface area contributed by atoms with Gasteiger partial charge >= 0.3 is 5.97 Å². The molecule has 0 heterocycles. The average Bonchev–Trinajstić information content (AvgIpc) is 2.40. The zero-order chi connectivity index (χ0) is 14.7. The van der Waals surface area contributed by atoms with Crippen molar-refractivity contribution >= 4 is 5.97 Å². The number of carbonyl (C=O) groups is 1. The first kappa shape index (κ1) is 18.4. The number of methoxy groups -OCH3 is 2. The van der Waals surface area contributed by atoms with Crippen LogP contribution in [0.15, 0.2) is 0 Å². The van der Waals surface area contributed by atoms with Crippen LogP contribution in [0, 0.1) is 0 Å². The van der Waals surface area contributed by atoms with Crippen molar-refractivity contribution in [1.29, 1.82) is 0 Å². The summed E-state index contributed by atoms with van der Waals surface area (Å²) in [6.07, 6.45) is 2.56. The van der Waals surface area contributed by atoms with Crippen molar-refractivity contribution in [2.45, 2.75) is 51.7 Å². The lowest BCUT2D eigenvalue weighted by atomic mass is 9.96. The summed E-state index contributed by atoms with van der Waals surface area (Å²) in [6.45, 7) is 7.92. The van der Waals surface area contributed by atoms with Gasteiger partial charge < -0.3 is 19.5 Å². The Hall–Kier alpha value is -0.650. The van der Waals surface area contributed by atoms with Gasteiger partial charge in [-0.15, -0.1) is 0 Å². The number of rotatable bonds is 11. The van der Waals surface area contributed by atoms with E-state index in [1.54, 1.807) is 7.11 Å². The minimum absolute atomic E-state index is 0.0815. The highest BCUT2D eigenvalue weighted by molar-refractivity contribution is 5.80. The molecule has 0 aromatic heterocycles. The maximum absolute atomic E-state index is 11.8. The Labute approximate surface area is 117 Å². The Morgan fingerprint density at radius 2 is 2.05 bits per heavy atom. The third-order valence-electron chi connectivity index (χ3n) is 3.03. The number of hydrogen-bond acceptors (Lipinski definition) is 5. The molecule has 0 bridgehead atoms. The van der Waals surface area contributed by atoms with Crippen molar-refractivity contribution in [2.75, 3.05) is 34.0 Å². The van der Waals surface area contributed by atoms with E-state index in [9.17, 15) is 4.79 Å². The topological polar surface area (TPSA) is 56.8 Å². The quantitative estimate of drug-likeness (QED) is 0.460. The van der Waals surface area contributed by atoms with Gasteiger partial charge in [-0.25, -0.2) is 0 Å². The van der Waals surface area contributed by atoms with Gasteiger partial charge in [0.15, 0.2) is 0 Å². The van der Waals surface area contributed by atoms with Crippen LogP contribution in [0.2, 0.25) is 0 Å². The molecule has 0 aliphatic carbocycles. The summed E-state index contributed by atoms with van der Waals surface area (Å²) in [5.41, 5.74) is -0.626. The van der Waals surface area contributed by atoms with Crippen molar-refractivity contribution in [3.8, 4) is 0 Å². The Kier molecular flexibility index (Phi) is 9.83. The van der Waals surface area contributed by atoms with Crippen LogP contribution < -0.4 is 5.32 Å². The fraction of sp³-hybridized carbons (Fsp3) is 0.929. The Morgan fingerprint density at radius 1 is 1.37 bits per heavy atom. The molecule has 5 nitrogen and oxygen atoms in total. The van der Waals surface area contributed by atoms with Gasteiger partial charge in [-0.05, 0) is 39.7 Å². The first-order valence-corrected chi connectivity index (χ1v) is 6.94. The van der Waals surface area contributed by atoms with E-state index in [1.807, 2.05) is 13.8 Å². The summed E-state index contributed by atoms with van der Waals surface area (Å²) in [6, 6.07) is 0. The molecule has 19 heavy (non-hydrogen) atoms. The predicted molar refractivity (Wildman–Crippen MR) is 75.2 cm³/mol. The molecule has 0 aliphatic heterocycles. The summed E-state index contributed by atoms with van der Waals surface area (Å²) in [4.78, 5) is 11.8. The van der Waals surface area contributed by atoms with E-state index >= 15 is 0 Å². The fourth-order valence-electron chi connectivity index (χ4n) is 1.88. The predicted octanol–water partition coefficient (Wildman–Crippen LogP) is 1.75. The zero-order valence-corrected chi connectivity index (χ0v) is 13.0. The zero-order valence-electron chi connectivity index (χ0n) is 13.0. The highest BCUT2D eigenvalue weighted by atomic mass is 16.5. The molecular formula is C14H29NO4. The largest absolute Gasteiger partial charge is 0.468 e. The lowest BCUT2D eigenvalue weighted by molar-refractivity contribution is -0.148. The van der Waals surface area contributed by atoms with Gasteiger partial charge in [0.05, 0.1) is 19.8 Å². The monoisotopic (exact) mass is 275 g/mol. The van der Waals surface area contributed by atoms with E-state index < -0.39 is 5.54 Å². The van der Waals surface area contributed by atoms with Gasteiger partial charge in [-0.2, -0.15) is 0 Å². The number of nitrogens with one attached hydrogen (secondary N) is 1. The second-order valence-electron chi connectivity index (χ2n) is 4.99. The molecular weight excluding hydrogens is 246 g/mol. The van der Waals surface area contributed by atoms with Crippen LogP contribution in [-0.2, 0) is 19.0 Å². The van der Waals surface area contributed by atoms with Crippen molar-refractivity contribution in [3.63, 3.8) is 0 Å². The Balaban J connectivity index is 4.09. The van der Waals surface area contributed by atoms with Crippen LogP contribution in [0.4, 0.5) is 0 Å². The van der Waals surface area contributed by atoms with Gasteiger partial charge in [-0.1, -0.05) is 6.92 Å². The molecule has 0 rings (SSSR count). The molecule has 0 radical (unpaired) electrons. The van der Waals surface area contributed by atoms with Crippen LogP contribution in [0.1, 0.15) is 40.0 Å². The summed E-state index contributed by atoms with van der Waals surface area (Å²) in [5.74, 6) is -0.217. The van der Waals surface area contributed by atoms with Crippen LogP contribution >= 0.6 is 0 Å². The molecule has 0 aliphatic rings. The van der Waals surface area contributed by atoms with E-state index in [0.717, 1.165) is 19.4 Å². The first-order valence-electron chi connectivity index (χ1n) is 6.94. The van der Waals surface area contributed by atoms with E-state index in [4.69, 9.17) is 14.2 Å². The standard InChI is InChI=1S/C14H29NO4/c1-6-9-15-14(3,13(16)18-5)8-7-10-19-12(2)11-17-4/h12,15H,6-11H2,1-5H3. The molecule has 0 aromatic carbocycles. The highest BCUT2D eigenvalue weighted by Crippen LogP contribution is 2.15. The van der Waals surface area contributed by atoms with Gasteiger partial charge in [0, 0.05) is 13.7 Å². The summed E-state index contributed by atoms with van der Waals surface area (Å²) < 4.78 is 15.5. The van der Waals surface area contributed by atoms with Crippen molar-refractivity contribution in [1.82, 2.24) is 5.32 Å². The second kappa shape index (κ2) is 10.2. The van der Waals surface area contributed by atoms with Crippen LogP contribution in [0.5, 0.6) is 0 Å². The first-order chi connectivity index (χ1) is 9.00. The van der Waals surface area contributed by atoms with E-state index in [1.165, 1.54) is 7.11 Å². The molecule has 114 valence electrons. The Bertz CT molecular complexity index is 248. The SMILES string of the molecule is CCCNC(C)(CCCOC(C)COC)C(=O)OC. The summed E-state index contributed by atoms with van der Waals surface area (Å²) in [7, 11) is 3.08. The molecule has 0 fully saturated rings. The number of hydrogen-bond donors (Lipinski definition) is 1. The normalized spacial score (nSPS) is 15.8. The van der Waals surface area contributed by atoms with Crippen LogP contribution in [0.25, 0.3) is 0 Å². The molecule has 0 amide bonds. The number of esters is 1. The van der Waals surface area contributed by atoms with Crippen molar-refractivity contribution < 1.29 is 19.0 Å². The molecule has 1 N–H and O–H groups in total. The van der Waals surface area contributed by atoms with Gasteiger partial charge in [0.1, 0.15) is 5.54 Å². The lowest BCUT2D eigenvalue weighted by Gasteiger charge is -2.28. The minimum atomic E-state index is -0.626. The van der Waals surface area contributed by atoms with E-state index in [-0.39, 0.29) is 12.1 Å². The maximum Gasteiger partial charge on any atom is 0.325 e. The third-order valence-corrected chi connectivity index (χ3v) is 3.03. The van der Waals surface area contributed by atoms with Crippen LogP contribution in [-0.4, -0.2) is 51.6 Å². The average molecular weight is 275 g/mol. The highest BCUT2D eigenvalue weighted by Gasteiger charge is 2.32. The smallest absolute Gasteiger partial charge is 0.325 e. The van der Waals surface area contributed by atoms with E-state index in [2.05, 4.69) is 12.2 Å². The van der Waals surface area contributed by atoms with E-state index in [0.29, 0.717) is 19.6 Å². The van der Waals surface area contributed by atoms with Crippen molar-refractivity contribution in [3.05, 3.63) is 0 Å². The maximum atomic E-state index is 11.8. The van der Waals surface area contributed by atoms with Gasteiger partial charge in [0.25, 0.3) is 0 Å². The third kappa shape index (κ3) is 7.50. The second-order valence-corrected chi connectivity index (χ2v) is 4.99. The van der Waals surface area contributed by atoms with Gasteiger partial charge in [-0.3, -0.25) is 4.79 Å². The molecule has 0 spiro atoms.